The lowest BCUT2D eigenvalue weighted by Gasteiger charge is -2.29. The third-order valence-corrected chi connectivity index (χ3v) is 3.42. The first-order chi connectivity index (χ1) is 9.22. The van der Waals surface area contributed by atoms with Crippen LogP contribution in [0.4, 0.5) is 4.39 Å². The third kappa shape index (κ3) is 2.61. The molecule has 0 saturated carbocycles. The monoisotopic (exact) mass is 258 g/mol. The Morgan fingerprint density at radius 3 is 2.74 bits per heavy atom. The van der Waals surface area contributed by atoms with Crippen molar-refractivity contribution >= 4 is 0 Å². The molecule has 1 aliphatic rings. The molecule has 0 radical (unpaired) electrons. The SMILES string of the molecule is OC1CC(Cc2ccccc2)Oc2ccc(F)cc21. The first-order valence-corrected chi connectivity index (χ1v) is 6.40. The normalized spacial score (nSPS) is 21.6. The zero-order valence-corrected chi connectivity index (χ0v) is 10.4. The molecule has 0 amide bonds. The second-order valence-electron chi connectivity index (χ2n) is 4.86. The van der Waals surface area contributed by atoms with Crippen LogP contribution in [-0.4, -0.2) is 11.2 Å². The molecule has 0 saturated heterocycles. The quantitative estimate of drug-likeness (QED) is 0.896. The van der Waals surface area contributed by atoms with Gasteiger partial charge in [0.1, 0.15) is 17.7 Å². The van der Waals surface area contributed by atoms with Gasteiger partial charge in [0.2, 0.25) is 0 Å². The molecule has 3 heteroatoms. The standard InChI is InChI=1S/C16H15FO2/c17-12-6-7-16-14(9-12)15(18)10-13(19-16)8-11-4-2-1-3-5-11/h1-7,9,13,15,18H,8,10H2. The fourth-order valence-corrected chi connectivity index (χ4v) is 2.49. The molecule has 19 heavy (non-hydrogen) atoms. The van der Waals surface area contributed by atoms with Crippen LogP contribution in [0.15, 0.2) is 48.5 Å². The zero-order valence-electron chi connectivity index (χ0n) is 10.4. The highest BCUT2D eigenvalue weighted by atomic mass is 19.1. The van der Waals surface area contributed by atoms with Crippen molar-refractivity contribution in [3.63, 3.8) is 0 Å². The summed E-state index contributed by atoms with van der Waals surface area (Å²) < 4.78 is 19.0. The smallest absolute Gasteiger partial charge is 0.125 e. The van der Waals surface area contributed by atoms with Gasteiger partial charge < -0.3 is 9.84 Å². The van der Waals surface area contributed by atoms with Crippen LogP contribution in [-0.2, 0) is 6.42 Å². The van der Waals surface area contributed by atoms with Crippen molar-refractivity contribution in [2.24, 2.45) is 0 Å². The van der Waals surface area contributed by atoms with Crippen molar-refractivity contribution in [3.8, 4) is 5.75 Å². The second kappa shape index (κ2) is 5.02. The first-order valence-electron chi connectivity index (χ1n) is 6.40. The molecular weight excluding hydrogens is 243 g/mol. The van der Waals surface area contributed by atoms with E-state index < -0.39 is 6.10 Å². The number of fused-ring (bicyclic) bond motifs is 1. The highest BCUT2D eigenvalue weighted by Crippen LogP contribution is 2.35. The molecule has 98 valence electrons. The summed E-state index contributed by atoms with van der Waals surface area (Å²) >= 11 is 0. The van der Waals surface area contributed by atoms with E-state index in [0.29, 0.717) is 17.7 Å². The number of halogens is 1. The van der Waals surface area contributed by atoms with Crippen molar-refractivity contribution in [1.29, 1.82) is 0 Å². The van der Waals surface area contributed by atoms with Crippen LogP contribution in [0, 0.1) is 5.82 Å². The third-order valence-electron chi connectivity index (χ3n) is 3.42. The predicted octanol–water partition coefficient (Wildman–Crippen LogP) is 3.25. The lowest BCUT2D eigenvalue weighted by molar-refractivity contribution is 0.0659. The maximum absolute atomic E-state index is 13.1. The molecule has 3 rings (SSSR count). The van der Waals surface area contributed by atoms with Crippen molar-refractivity contribution in [3.05, 3.63) is 65.5 Å². The zero-order chi connectivity index (χ0) is 13.2. The lowest BCUT2D eigenvalue weighted by atomic mass is 9.95. The van der Waals surface area contributed by atoms with E-state index in [1.807, 2.05) is 30.3 Å². The van der Waals surface area contributed by atoms with E-state index in [1.165, 1.54) is 17.7 Å². The molecule has 1 aliphatic heterocycles. The minimum absolute atomic E-state index is 0.0737. The number of hydrogen-bond acceptors (Lipinski definition) is 2. The van der Waals surface area contributed by atoms with Crippen LogP contribution in [0.25, 0.3) is 0 Å². The summed E-state index contributed by atoms with van der Waals surface area (Å²) in [5.41, 5.74) is 1.72. The van der Waals surface area contributed by atoms with E-state index in [2.05, 4.69) is 0 Å². The van der Waals surface area contributed by atoms with Gasteiger partial charge in [-0.25, -0.2) is 4.39 Å². The first kappa shape index (κ1) is 12.2. The van der Waals surface area contributed by atoms with E-state index in [1.54, 1.807) is 6.07 Å². The summed E-state index contributed by atoms with van der Waals surface area (Å²) in [5.74, 6) is 0.240. The molecule has 0 aliphatic carbocycles. The molecule has 2 aromatic carbocycles. The number of rotatable bonds is 2. The summed E-state index contributed by atoms with van der Waals surface area (Å²) in [6, 6.07) is 14.3. The number of aliphatic hydroxyl groups excluding tert-OH is 1. The van der Waals surface area contributed by atoms with Gasteiger partial charge in [0.15, 0.2) is 0 Å². The highest BCUT2D eigenvalue weighted by Gasteiger charge is 2.27. The number of aliphatic hydroxyl groups is 1. The Morgan fingerprint density at radius 2 is 1.95 bits per heavy atom. The summed E-state index contributed by atoms with van der Waals surface area (Å²) in [5, 5.41) is 10.1. The van der Waals surface area contributed by atoms with Crippen molar-refractivity contribution in [2.75, 3.05) is 0 Å². The molecular formula is C16H15FO2. The molecule has 0 spiro atoms. The van der Waals surface area contributed by atoms with E-state index in [4.69, 9.17) is 4.74 Å². The van der Waals surface area contributed by atoms with Crippen LogP contribution in [0.3, 0.4) is 0 Å². The Kier molecular flexibility index (Phi) is 3.22. The topological polar surface area (TPSA) is 29.5 Å². The molecule has 0 fully saturated rings. The fourth-order valence-electron chi connectivity index (χ4n) is 2.49. The predicted molar refractivity (Wildman–Crippen MR) is 70.5 cm³/mol. The van der Waals surface area contributed by atoms with Crippen molar-refractivity contribution in [2.45, 2.75) is 25.0 Å². The van der Waals surface area contributed by atoms with E-state index in [-0.39, 0.29) is 11.9 Å². The molecule has 2 atom stereocenters. The maximum atomic E-state index is 13.1. The van der Waals surface area contributed by atoms with Crippen molar-refractivity contribution < 1.29 is 14.2 Å². The van der Waals surface area contributed by atoms with Crippen LogP contribution < -0.4 is 4.74 Å². The van der Waals surface area contributed by atoms with Crippen molar-refractivity contribution in [1.82, 2.24) is 0 Å². The van der Waals surface area contributed by atoms with Gasteiger partial charge in [0.05, 0.1) is 6.10 Å². The van der Waals surface area contributed by atoms with Gasteiger partial charge >= 0.3 is 0 Å². The minimum Gasteiger partial charge on any atom is -0.490 e. The summed E-state index contributed by atoms with van der Waals surface area (Å²) in [7, 11) is 0. The number of benzene rings is 2. The number of hydrogen-bond donors (Lipinski definition) is 1. The average molecular weight is 258 g/mol. The lowest BCUT2D eigenvalue weighted by Crippen LogP contribution is -2.27. The van der Waals surface area contributed by atoms with Gasteiger partial charge in [-0.3, -0.25) is 0 Å². The molecule has 2 unspecified atom stereocenters. The van der Waals surface area contributed by atoms with E-state index in [0.717, 1.165) is 6.42 Å². The van der Waals surface area contributed by atoms with Crippen LogP contribution in [0.5, 0.6) is 5.75 Å². The summed E-state index contributed by atoms with van der Waals surface area (Å²) in [6.45, 7) is 0. The van der Waals surface area contributed by atoms with E-state index >= 15 is 0 Å². The minimum atomic E-state index is -0.659. The van der Waals surface area contributed by atoms with Gasteiger partial charge in [-0.05, 0) is 23.8 Å². The van der Waals surface area contributed by atoms with Gasteiger partial charge in [-0.1, -0.05) is 30.3 Å². The molecule has 0 bridgehead atoms. The second-order valence-corrected chi connectivity index (χ2v) is 4.86. The molecule has 2 nitrogen and oxygen atoms in total. The Hall–Kier alpha value is -1.87. The molecule has 1 N–H and O–H groups in total. The molecule has 1 heterocycles. The highest BCUT2D eigenvalue weighted by molar-refractivity contribution is 5.37. The van der Waals surface area contributed by atoms with Crippen LogP contribution in [0.2, 0.25) is 0 Å². The average Bonchev–Trinajstić information content (AvgIpc) is 2.41. The Bertz CT molecular complexity index is 568. The van der Waals surface area contributed by atoms with Gasteiger partial charge in [0, 0.05) is 18.4 Å². The maximum Gasteiger partial charge on any atom is 0.125 e. The molecule has 2 aromatic rings. The van der Waals surface area contributed by atoms with E-state index in [9.17, 15) is 9.50 Å². The Labute approximate surface area is 111 Å². The Balaban J connectivity index is 1.80. The summed E-state index contributed by atoms with van der Waals surface area (Å²) in [6.07, 6.45) is 0.503. The molecule has 0 aromatic heterocycles. The van der Waals surface area contributed by atoms with Gasteiger partial charge in [-0.15, -0.1) is 0 Å². The van der Waals surface area contributed by atoms with Crippen LogP contribution >= 0.6 is 0 Å². The van der Waals surface area contributed by atoms with Crippen LogP contribution in [0.1, 0.15) is 23.7 Å². The van der Waals surface area contributed by atoms with Gasteiger partial charge in [0.25, 0.3) is 0 Å². The fraction of sp³-hybridized carbons (Fsp3) is 0.250. The summed E-state index contributed by atoms with van der Waals surface area (Å²) in [4.78, 5) is 0. The Morgan fingerprint density at radius 1 is 1.16 bits per heavy atom. The van der Waals surface area contributed by atoms with Gasteiger partial charge in [-0.2, -0.15) is 0 Å². The number of ether oxygens (including phenoxy) is 1. The largest absolute Gasteiger partial charge is 0.490 e.